The van der Waals surface area contributed by atoms with Gasteiger partial charge < -0.3 is 10.6 Å². The van der Waals surface area contributed by atoms with Crippen LogP contribution in [-0.4, -0.2) is 16.7 Å². The predicted octanol–water partition coefficient (Wildman–Crippen LogP) is 4.71. The van der Waals surface area contributed by atoms with E-state index in [9.17, 15) is 19.2 Å². The molecule has 2 atom stereocenters. The van der Waals surface area contributed by atoms with Gasteiger partial charge in [-0.3, -0.25) is 9.59 Å². The average molecular weight is 448 g/mol. The van der Waals surface area contributed by atoms with Gasteiger partial charge in [-0.25, -0.2) is 4.39 Å². The fourth-order valence-corrected chi connectivity index (χ4v) is 4.53. The minimum atomic E-state index is -1.09. The summed E-state index contributed by atoms with van der Waals surface area (Å²) in [6.45, 7) is 0. The second-order valence-corrected chi connectivity index (χ2v) is 8.07. The Balaban J connectivity index is 1.89. The van der Waals surface area contributed by atoms with Gasteiger partial charge >= 0.3 is 0 Å². The summed E-state index contributed by atoms with van der Waals surface area (Å²) in [7, 11) is 0. The molecular weight excluding hydrogens is 429 g/mol. The Labute approximate surface area is 189 Å². The van der Waals surface area contributed by atoms with Gasteiger partial charge in [0.2, 0.25) is 5.91 Å². The second kappa shape index (κ2) is 8.81. The smallest absolute Gasteiger partial charge is 0.255 e. The van der Waals surface area contributed by atoms with Gasteiger partial charge in [-0.15, -0.1) is 0 Å². The lowest BCUT2D eigenvalue weighted by atomic mass is 9.97. The number of fused-ring (bicyclic) bond motifs is 1. The second-order valence-electron chi connectivity index (χ2n) is 7.63. The minimum Gasteiger partial charge on any atom is -0.368 e. The van der Waals surface area contributed by atoms with Crippen molar-refractivity contribution in [2.24, 2.45) is 5.73 Å². The van der Waals surface area contributed by atoms with Crippen LogP contribution < -0.4 is 5.73 Å². The summed E-state index contributed by atoms with van der Waals surface area (Å²) in [6.07, 6.45) is 0.804. The van der Waals surface area contributed by atoms with Crippen LogP contribution in [0.2, 0.25) is 5.02 Å². The molecule has 0 spiro atoms. The molecule has 1 aliphatic rings. The molecule has 0 aromatic heterocycles. The van der Waals surface area contributed by atoms with Crippen LogP contribution in [0.4, 0.5) is 4.39 Å². The molecule has 0 unspecified atom stereocenters. The van der Waals surface area contributed by atoms with Crippen LogP contribution in [-0.2, 0) is 11.2 Å². The summed E-state index contributed by atoms with van der Waals surface area (Å²) in [6, 6.07) is 18.2. The van der Waals surface area contributed by atoms with E-state index in [-0.39, 0.29) is 10.6 Å². The maximum Gasteiger partial charge on any atom is 0.255 e. The maximum absolute atomic E-state index is 14.6. The normalized spacial score (nSPS) is 15.5. The van der Waals surface area contributed by atoms with Crippen molar-refractivity contribution in [3.8, 4) is 6.07 Å². The first-order valence-electron chi connectivity index (χ1n) is 10.1. The molecule has 5 nitrogen and oxygen atoms in total. The molecule has 3 aromatic carbocycles. The van der Waals surface area contributed by atoms with Crippen molar-refractivity contribution < 1.29 is 14.0 Å². The molecule has 7 heteroatoms. The molecule has 3 aromatic rings. The highest BCUT2D eigenvalue weighted by molar-refractivity contribution is 6.30. The number of carbonyl (C=O) groups excluding carboxylic acids is 2. The molecule has 1 aliphatic carbocycles. The van der Waals surface area contributed by atoms with Crippen molar-refractivity contribution in [2.45, 2.75) is 24.9 Å². The van der Waals surface area contributed by atoms with Crippen molar-refractivity contribution in [1.82, 2.24) is 4.90 Å². The van der Waals surface area contributed by atoms with Crippen LogP contribution in [0.5, 0.6) is 0 Å². The average Bonchev–Trinajstić information content (AvgIpc) is 3.21. The highest BCUT2D eigenvalue weighted by Gasteiger charge is 2.40. The molecule has 0 bridgehead atoms. The Morgan fingerprint density at radius 2 is 1.88 bits per heavy atom. The molecular formula is C25H19ClFN3O2. The summed E-state index contributed by atoms with van der Waals surface area (Å²) in [5, 5.41) is 9.47. The van der Waals surface area contributed by atoms with Crippen LogP contribution in [0, 0.1) is 17.1 Å². The van der Waals surface area contributed by atoms with Gasteiger partial charge in [0.15, 0.2) is 0 Å². The van der Waals surface area contributed by atoms with Gasteiger partial charge in [0, 0.05) is 10.6 Å². The molecule has 4 rings (SSSR count). The predicted molar refractivity (Wildman–Crippen MR) is 118 cm³/mol. The number of nitriles is 1. The highest BCUT2D eigenvalue weighted by Crippen LogP contribution is 2.43. The van der Waals surface area contributed by atoms with E-state index in [1.807, 2.05) is 6.07 Å². The zero-order chi connectivity index (χ0) is 22.8. The zero-order valence-electron chi connectivity index (χ0n) is 17.0. The van der Waals surface area contributed by atoms with Gasteiger partial charge in [0.1, 0.15) is 11.9 Å². The lowest BCUT2D eigenvalue weighted by Crippen LogP contribution is -2.43. The van der Waals surface area contributed by atoms with E-state index in [0.717, 1.165) is 0 Å². The Bertz CT molecular complexity index is 1240. The summed E-state index contributed by atoms with van der Waals surface area (Å²) in [5.74, 6) is -1.63. The molecule has 32 heavy (non-hydrogen) atoms. The summed E-state index contributed by atoms with van der Waals surface area (Å²) in [4.78, 5) is 27.9. The fraction of sp³-hybridized carbons (Fsp3) is 0.160. The van der Waals surface area contributed by atoms with Gasteiger partial charge in [-0.2, -0.15) is 5.26 Å². The van der Waals surface area contributed by atoms with Crippen LogP contribution in [0.3, 0.4) is 0 Å². The van der Waals surface area contributed by atoms with Crippen LogP contribution in [0.25, 0.3) is 0 Å². The van der Waals surface area contributed by atoms with E-state index in [1.165, 1.54) is 17.0 Å². The van der Waals surface area contributed by atoms with Gasteiger partial charge in [0.05, 0.1) is 17.7 Å². The van der Waals surface area contributed by atoms with E-state index >= 15 is 0 Å². The Morgan fingerprint density at radius 1 is 1.12 bits per heavy atom. The zero-order valence-corrected chi connectivity index (χ0v) is 17.7. The highest BCUT2D eigenvalue weighted by atomic mass is 35.5. The third-order valence-corrected chi connectivity index (χ3v) is 5.91. The number of primary amides is 1. The van der Waals surface area contributed by atoms with Gasteiger partial charge in [-0.05, 0) is 59.9 Å². The number of hydrogen-bond donors (Lipinski definition) is 1. The number of hydrogen-bond acceptors (Lipinski definition) is 3. The van der Waals surface area contributed by atoms with E-state index < -0.39 is 29.7 Å². The molecule has 0 radical (unpaired) electrons. The van der Waals surface area contributed by atoms with Crippen molar-refractivity contribution in [3.63, 3.8) is 0 Å². The van der Waals surface area contributed by atoms with Crippen LogP contribution in [0.15, 0.2) is 66.7 Å². The van der Waals surface area contributed by atoms with E-state index in [0.29, 0.717) is 35.1 Å². The fourth-order valence-electron chi connectivity index (χ4n) is 4.32. The summed E-state index contributed by atoms with van der Waals surface area (Å²) in [5.41, 5.74) is 7.93. The molecule has 0 fully saturated rings. The number of halogens is 2. The molecule has 2 N–H and O–H groups in total. The third kappa shape index (κ3) is 3.95. The molecule has 160 valence electrons. The van der Waals surface area contributed by atoms with Crippen molar-refractivity contribution in [2.75, 3.05) is 0 Å². The lowest BCUT2D eigenvalue weighted by molar-refractivity contribution is -0.123. The first kappa shape index (κ1) is 21.5. The number of rotatable bonds is 5. The monoisotopic (exact) mass is 447 g/mol. The number of nitrogens with zero attached hydrogens (tertiary/aromatic N) is 2. The number of carbonyl (C=O) groups is 2. The Morgan fingerprint density at radius 3 is 2.56 bits per heavy atom. The largest absolute Gasteiger partial charge is 0.368 e. The van der Waals surface area contributed by atoms with E-state index in [4.69, 9.17) is 17.3 Å². The van der Waals surface area contributed by atoms with Crippen LogP contribution >= 0.6 is 11.6 Å². The van der Waals surface area contributed by atoms with Crippen molar-refractivity contribution in [1.29, 1.82) is 5.26 Å². The Kier molecular flexibility index (Phi) is 5.93. The number of nitrogens with two attached hydrogens (primary N) is 1. The Hall–Kier alpha value is -3.69. The quantitative estimate of drug-likeness (QED) is 0.614. The first-order chi connectivity index (χ1) is 15.4. The first-order valence-corrected chi connectivity index (χ1v) is 10.4. The number of amides is 2. The van der Waals surface area contributed by atoms with E-state index in [1.54, 1.807) is 54.6 Å². The van der Waals surface area contributed by atoms with E-state index in [2.05, 4.69) is 0 Å². The maximum atomic E-state index is 14.6. The standard InChI is InChI=1S/C25H19ClFN3O2/c26-18-12-20-19(21(27)13-18)9-10-22(20)30(23(24(29)31)16-6-2-1-3-7-16)25(32)17-8-4-5-15(11-17)14-28/h1-8,11-13,22-23H,9-10H2,(H2,29,31)/t22-,23-/m1/s1. The lowest BCUT2D eigenvalue weighted by Gasteiger charge is -2.36. The SMILES string of the molecule is N#Cc1cccc(C(=O)N([C@@H]2CCc3c(F)cc(Cl)cc32)[C@@H](C(N)=O)c2ccccc2)c1. The summed E-state index contributed by atoms with van der Waals surface area (Å²) < 4.78 is 14.6. The molecule has 0 saturated carbocycles. The van der Waals surface area contributed by atoms with Gasteiger partial charge in [0.25, 0.3) is 5.91 Å². The molecule has 0 heterocycles. The van der Waals surface area contributed by atoms with Crippen molar-refractivity contribution >= 4 is 23.4 Å². The molecule has 0 aliphatic heterocycles. The molecule has 0 saturated heterocycles. The summed E-state index contributed by atoms with van der Waals surface area (Å²) >= 11 is 6.12. The van der Waals surface area contributed by atoms with Crippen molar-refractivity contribution in [3.05, 3.63) is 105 Å². The van der Waals surface area contributed by atoms with Gasteiger partial charge in [-0.1, -0.05) is 48.0 Å². The van der Waals surface area contributed by atoms with Crippen LogP contribution in [0.1, 0.15) is 51.1 Å². The number of benzene rings is 3. The topological polar surface area (TPSA) is 87.2 Å². The minimum absolute atomic E-state index is 0.211. The third-order valence-electron chi connectivity index (χ3n) is 5.69. The molecule has 2 amide bonds.